The van der Waals surface area contributed by atoms with Crippen LogP contribution in [0.4, 0.5) is 0 Å². The molecule has 1 aliphatic heterocycles. The maximum atomic E-state index is 10.9. The van der Waals surface area contributed by atoms with Crippen LogP contribution in [-0.4, -0.2) is 46.8 Å². The van der Waals surface area contributed by atoms with Gasteiger partial charge < -0.3 is 24.6 Å². The molecule has 1 fully saturated rings. The summed E-state index contributed by atoms with van der Waals surface area (Å²) in [5.41, 5.74) is 0. The van der Waals surface area contributed by atoms with E-state index in [2.05, 4.69) is 0 Å². The van der Waals surface area contributed by atoms with Gasteiger partial charge >= 0.3 is 19.1 Å². The highest BCUT2D eigenvalue weighted by molar-refractivity contribution is 6.42. The maximum Gasteiger partial charge on any atom is 0.455 e. The zero-order valence-corrected chi connectivity index (χ0v) is 8.70. The third-order valence-corrected chi connectivity index (χ3v) is 2.31. The quantitative estimate of drug-likeness (QED) is 0.554. The van der Waals surface area contributed by atoms with Crippen LogP contribution in [0.1, 0.15) is 12.8 Å². The van der Waals surface area contributed by atoms with Crippen molar-refractivity contribution in [3.8, 4) is 0 Å². The Balaban J connectivity index is 2.69. The van der Waals surface area contributed by atoms with E-state index in [-0.39, 0.29) is 6.42 Å². The fourth-order valence-electron chi connectivity index (χ4n) is 1.63. The normalized spacial score (nSPS) is 27.5. The van der Waals surface area contributed by atoms with Crippen LogP contribution in [0.2, 0.25) is 6.82 Å². The third kappa shape index (κ3) is 3.48. The fraction of sp³-hybridized carbons (Fsp3) is 0.750. The van der Waals surface area contributed by atoms with Crippen LogP contribution in [0.5, 0.6) is 0 Å². The predicted octanol–water partition coefficient (Wildman–Crippen LogP) is -0.596. The Hall–Kier alpha value is -1.12. The molecule has 0 aromatic rings. The van der Waals surface area contributed by atoms with Crippen molar-refractivity contribution in [2.24, 2.45) is 5.92 Å². The first-order chi connectivity index (χ1) is 7.40. The Labute approximate surface area is 92.1 Å². The number of hydrogen-bond donors (Lipinski definition) is 3. The van der Waals surface area contributed by atoms with Crippen molar-refractivity contribution in [1.82, 2.24) is 0 Å². The lowest BCUT2D eigenvalue weighted by Crippen LogP contribution is -2.45. The molecule has 16 heavy (non-hydrogen) atoms. The molecule has 1 saturated heterocycles. The number of aliphatic hydroxyl groups is 1. The lowest BCUT2D eigenvalue weighted by atomic mass is 9.87. The summed E-state index contributed by atoms with van der Waals surface area (Å²) >= 11 is 0. The van der Waals surface area contributed by atoms with E-state index in [4.69, 9.17) is 19.5 Å². The second-order valence-electron chi connectivity index (χ2n) is 3.61. The summed E-state index contributed by atoms with van der Waals surface area (Å²) in [6.45, 7) is 1.51. The predicted molar refractivity (Wildman–Crippen MR) is 51.6 cm³/mol. The molecular weight excluding hydrogens is 219 g/mol. The largest absolute Gasteiger partial charge is 0.481 e. The van der Waals surface area contributed by atoms with Gasteiger partial charge in [0.05, 0.1) is 18.4 Å². The van der Waals surface area contributed by atoms with Crippen molar-refractivity contribution < 1.29 is 34.2 Å². The second kappa shape index (κ2) is 5.28. The second-order valence-corrected chi connectivity index (χ2v) is 3.61. The Kier molecular flexibility index (Phi) is 4.28. The zero-order valence-electron chi connectivity index (χ0n) is 8.70. The number of carboxylic acid groups (broad SMARTS) is 2. The number of carboxylic acids is 2. The molecule has 3 N–H and O–H groups in total. The van der Waals surface area contributed by atoms with E-state index < -0.39 is 43.8 Å². The van der Waals surface area contributed by atoms with Gasteiger partial charge in [0.2, 0.25) is 0 Å². The topological polar surface area (TPSA) is 113 Å². The highest BCUT2D eigenvalue weighted by Crippen LogP contribution is 2.24. The van der Waals surface area contributed by atoms with Crippen molar-refractivity contribution in [3.63, 3.8) is 0 Å². The molecule has 2 unspecified atom stereocenters. The Bertz CT molecular complexity index is 272. The van der Waals surface area contributed by atoms with Gasteiger partial charge in [0.15, 0.2) is 0 Å². The number of carbonyl (C=O) groups is 2. The summed E-state index contributed by atoms with van der Waals surface area (Å²) in [4.78, 5) is 21.4. The van der Waals surface area contributed by atoms with Gasteiger partial charge in [-0.3, -0.25) is 9.59 Å². The SMILES string of the molecule is CB1OC(C(CC(=O)O)C(=O)O)C[C@@H](O)O1. The van der Waals surface area contributed by atoms with Crippen LogP contribution in [0.25, 0.3) is 0 Å². The molecule has 3 atom stereocenters. The van der Waals surface area contributed by atoms with Crippen LogP contribution < -0.4 is 0 Å². The molecule has 0 aliphatic carbocycles. The van der Waals surface area contributed by atoms with Crippen molar-refractivity contribution in [2.45, 2.75) is 32.1 Å². The molecule has 1 rings (SSSR count). The highest BCUT2D eigenvalue weighted by atomic mass is 16.7. The minimum absolute atomic E-state index is 0.0470. The number of rotatable bonds is 4. The van der Waals surface area contributed by atoms with Crippen molar-refractivity contribution in [3.05, 3.63) is 0 Å². The van der Waals surface area contributed by atoms with E-state index >= 15 is 0 Å². The van der Waals surface area contributed by atoms with Crippen LogP contribution in [0.15, 0.2) is 0 Å². The van der Waals surface area contributed by atoms with Gasteiger partial charge in [0.1, 0.15) is 6.29 Å². The number of aliphatic hydroxyl groups excluding tert-OH is 1. The highest BCUT2D eigenvalue weighted by Gasteiger charge is 2.38. The van der Waals surface area contributed by atoms with Crippen molar-refractivity contribution >= 4 is 19.1 Å². The molecule has 1 aliphatic rings. The molecule has 0 spiro atoms. The summed E-state index contributed by atoms with van der Waals surface area (Å²) in [6, 6.07) is 0. The molecule has 0 radical (unpaired) electrons. The molecule has 1 heterocycles. The third-order valence-electron chi connectivity index (χ3n) is 2.31. The van der Waals surface area contributed by atoms with E-state index in [0.717, 1.165) is 0 Å². The molecule has 0 amide bonds. The van der Waals surface area contributed by atoms with Gasteiger partial charge in [-0.15, -0.1) is 0 Å². The van der Waals surface area contributed by atoms with Gasteiger partial charge in [-0.1, -0.05) is 0 Å². The van der Waals surface area contributed by atoms with Gasteiger partial charge in [-0.05, 0) is 6.82 Å². The molecule has 0 aromatic carbocycles. The average Bonchev–Trinajstić information content (AvgIpc) is 2.11. The lowest BCUT2D eigenvalue weighted by Gasteiger charge is -2.33. The van der Waals surface area contributed by atoms with Crippen LogP contribution in [-0.2, 0) is 18.9 Å². The standard InChI is InChI=1S/C8H13BO7/c1-9-15-5(3-7(12)16-9)4(8(13)14)2-6(10)11/h4-5,7,12H,2-3H2,1H3,(H,10,11)(H,13,14)/t4?,5?,7-/m0/s1. The van der Waals surface area contributed by atoms with E-state index in [1.807, 2.05) is 0 Å². The lowest BCUT2D eigenvalue weighted by molar-refractivity contribution is -0.159. The van der Waals surface area contributed by atoms with E-state index in [9.17, 15) is 14.7 Å². The Morgan fingerprint density at radius 3 is 2.50 bits per heavy atom. The maximum absolute atomic E-state index is 10.9. The monoisotopic (exact) mass is 232 g/mol. The van der Waals surface area contributed by atoms with Gasteiger partial charge in [0, 0.05) is 6.42 Å². The van der Waals surface area contributed by atoms with Crippen molar-refractivity contribution in [1.29, 1.82) is 0 Å². The number of aliphatic carboxylic acids is 2. The first-order valence-electron chi connectivity index (χ1n) is 4.83. The fourth-order valence-corrected chi connectivity index (χ4v) is 1.63. The molecule has 90 valence electrons. The molecule has 7 nitrogen and oxygen atoms in total. The zero-order chi connectivity index (χ0) is 12.3. The summed E-state index contributed by atoms with van der Waals surface area (Å²) in [5, 5.41) is 26.7. The van der Waals surface area contributed by atoms with E-state index in [1.54, 1.807) is 0 Å². The average molecular weight is 232 g/mol. The molecule has 0 aromatic heterocycles. The van der Waals surface area contributed by atoms with E-state index in [1.165, 1.54) is 6.82 Å². The van der Waals surface area contributed by atoms with Gasteiger partial charge in [-0.25, -0.2) is 0 Å². The summed E-state index contributed by atoms with van der Waals surface area (Å²) in [5.74, 6) is -3.66. The van der Waals surface area contributed by atoms with Gasteiger partial charge in [-0.2, -0.15) is 0 Å². The minimum atomic E-state index is -1.26. The molecule has 0 saturated carbocycles. The summed E-state index contributed by atoms with van der Waals surface area (Å²) in [7, 11) is -0.746. The minimum Gasteiger partial charge on any atom is -0.481 e. The van der Waals surface area contributed by atoms with Crippen molar-refractivity contribution in [2.75, 3.05) is 0 Å². The van der Waals surface area contributed by atoms with E-state index in [0.29, 0.717) is 0 Å². The van der Waals surface area contributed by atoms with Crippen LogP contribution in [0.3, 0.4) is 0 Å². The number of hydrogen-bond acceptors (Lipinski definition) is 5. The smallest absolute Gasteiger partial charge is 0.455 e. The van der Waals surface area contributed by atoms with Crippen LogP contribution in [0, 0.1) is 5.92 Å². The molecule has 0 bridgehead atoms. The summed E-state index contributed by atoms with van der Waals surface area (Å²) < 4.78 is 10.00. The Morgan fingerprint density at radius 2 is 2.06 bits per heavy atom. The first kappa shape index (κ1) is 13.0. The summed E-state index contributed by atoms with van der Waals surface area (Å²) in [6.07, 6.45) is -2.56. The molecular formula is C8H13BO7. The Morgan fingerprint density at radius 1 is 1.44 bits per heavy atom. The molecule has 8 heteroatoms. The first-order valence-corrected chi connectivity index (χ1v) is 4.83. The van der Waals surface area contributed by atoms with Crippen LogP contribution >= 0.6 is 0 Å². The van der Waals surface area contributed by atoms with Gasteiger partial charge in [0.25, 0.3) is 0 Å².